The predicted octanol–water partition coefficient (Wildman–Crippen LogP) is 2.51. The lowest BCUT2D eigenvalue weighted by molar-refractivity contribution is -0.153. The van der Waals surface area contributed by atoms with E-state index in [-0.39, 0.29) is 29.7 Å². The smallest absolute Gasteiger partial charge is 0.229 e. The Kier molecular flexibility index (Phi) is 5.00. The number of amides is 2. The first-order valence-corrected chi connectivity index (χ1v) is 10.2. The highest BCUT2D eigenvalue weighted by Crippen LogP contribution is 2.34. The van der Waals surface area contributed by atoms with Crippen molar-refractivity contribution < 1.29 is 9.59 Å². The Morgan fingerprint density at radius 1 is 0.962 bits per heavy atom. The van der Waals surface area contributed by atoms with Crippen LogP contribution in [0.1, 0.15) is 63.1 Å². The molecule has 0 radical (unpaired) electrons. The maximum absolute atomic E-state index is 13.1. The fraction of sp³-hybridized carbons (Fsp3) is 0.750. The summed E-state index contributed by atoms with van der Waals surface area (Å²) in [6.45, 7) is 2.05. The number of nitrogens with zero attached hydrogens (tertiary/aromatic N) is 4. The quantitative estimate of drug-likeness (QED) is 0.834. The molecule has 1 aliphatic carbocycles. The average molecular weight is 358 g/mol. The summed E-state index contributed by atoms with van der Waals surface area (Å²) < 4.78 is 1.88. The van der Waals surface area contributed by atoms with Crippen LogP contribution < -0.4 is 0 Å². The minimum atomic E-state index is -0.0173. The van der Waals surface area contributed by atoms with Crippen molar-refractivity contribution in [2.45, 2.75) is 57.4 Å². The van der Waals surface area contributed by atoms with E-state index in [0.29, 0.717) is 13.1 Å². The van der Waals surface area contributed by atoms with E-state index in [9.17, 15) is 9.59 Å². The molecule has 3 aliphatic rings. The van der Waals surface area contributed by atoms with Gasteiger partial charge in [0.1, 0.15) is 0 Å². The van der Waals surface area contributed by atoms with E-state index in [1.54, 1.807) is 6.20 Å². The van der Waals surface area contributed by atoms with Crippen LogP contribution in [0.4, 0.5) is 0 Å². The Balaban J connectivity index is 1.37. The Labute approximate surface area is 155 Å². The SMILES string of the molecule is Cn1nccc1C1CCCCN1C(=O)C1CN(C(=O)C2CCCCC2)C1. The maximum Gasteiger partial charge on any atom is 0.229 e. The van der Waals surface area contributed by atoms with Gasteiger partial charge in [0.05, 0.1) is 17.7 Å². The summed E-state index contributed by atoms with van der Waals surface area (Å²) in [6, 6.07) is 2.16. The second kappa shape index (κ2) is 7.41. The van der Waals surface area contributed by atoms with Gasteiger partial charge in [-0.15, -0.1) is 0 Å². The topological polar surface area (TPSA) is 58.4 Å². The highest BCUT2D eigenvalue weighted by Gasteiger charge is 2.42. The Morgan fingerprint density at radius 2 is 1.69 bits per heavy atom. The molecule has 26 heavy (non-hydrogen) atoms. The largest absolute Gasteiger partial charge is 0.341 e. The summed E-state index contributed by atoms with van der Waals surface area (Å²) in [6.07, 6.45) is 10.7. The number of aromatic nitrogens is 2. The Morgan fingerprint density at radius 3 is 2.38 bits per heavy atom. The van der Waals surface area contributed by atoms with Crippen LogP contribution in [0.3, 0.4) is 0 Å². The lowest BCUT2D eigenvalue weighted by atomic mass is 9.86. The predicted molar refractivity (Wildman–Crippen MR) is 98.2 cm³/mol. The van der Waals surface area contributed by atoms with E-state index in [2.05, 4.69) is 5.10 Å². The van der Waals surface area contributed by atoms with Gasteiger partial charge in [-0.2, -0.15) is 5.10 Å². The Bertz CT molecular complexity index is 659. The van der Waals surface area contributed by atoms with E-state index in [1.165, 1.54) is 19.3 Å². The molecule has 0 spiro atoms. The van der Waals surface area contributed by atoms with Gasteiger partial charge in [0.2, 0.25) is 11.8 Å². The van der Waals surface area contributed by atoms with Crippen LogP contribution in [0.2, 0.25) is 0 Å². The van der Waals surface area contributed by atoms with Crippen LogP contribution in [0.15, 0.2) is 12.3 Å². The zero-order valence-electron chi connectivity index (χ0n) is 15.8. The van der Waals surface area contributed by atoms with Crippen molar-refractivity contribution in [2.75, 3.05) is 19.6 Å². The number of piperidine rings is 1. The van der Waals surface area contributed by atoms with Gasteiger partial charge in [-0.25, -0.2) is 0 Å². The number of likely N-dealkylation sites (tertiary alicyclic amines) is 2. The van der Waals surface area contributed by atoms with Gasteiger partial charge in [-0.1, -0.05) is 19.3 Å². The van der Waals surface area contributed by atoms with Crippen LogP contribution in [-0.2, 0) is 16.6 Å². The van der Waals surface area contributed by atoms with Crippen molar-refractivity contribution in [3.05, 3.63) is 18.0 Å². The fourth-order valence-electron chi connectivity index (χ4n) is 4.87. The summed E-state index contributed by atoms with van der Waals surface area (Å²) in [7, 11) is 1.94. The van der Waals surface area contributed by atoms with Gasteiger partial charge in [-0.3, -0.25) is 14.3 Å². The van der Waals surface area contributed by atoms with Crippen LogP contribution in [-0.4, -0.2) is 51.0 Å². The van der Waals surface area contributed by atoms with Gasteiger partial charge in [-0.05, 0) is 38.2 Å². The van der Waals surface area contributed by atoms with Crippen LogP contribution in [0, 0.1) is 11.8 Å². The molecule has 2 aliphatic heterocycles. The van der Waals surface area contributed by atoms with Crippen molar-refractivity contribution in [1.29, 1.82) is 0 Å². The van der Waals surface area contributed by atoms with Gasteiger partial charge >= 0.3 is 0 Å². The molecule has 0 N–H and O–H groups in total. The molecule has 2 amide bonds. The number of aryl methyl sites for hydroxylation is 1. The molecule has 142 valence electrons. The van der Waals surface area contributed by atoms with Crippen molar-refractivity contribution in [1.82, 2.24) is 19.6 Å². The van der Waals surface area contributed by atoms with Crippen LogP contribution in [0.5, 0.6) is 0 Å². The van der Waals surface area contributed by atoms with Crippen molar-refractivity contribution >= 4 is 11.8 Å². The molecular weight excluding hydrogens is 328 g/mol. The van der Waals surface area contributed by atoms with Crippen LogP contribution in [0.25, 0.3) is 0 Å². The molecule has 6 nitrogen and oxygen atoms in total. The molecule has 0 bridgehead atoms. The van der Waals surface area contributed by atoms with E-state index in [0.717, 1.165) is 44.3 Å². The summed E-state index contributed by atoms with van der Waals surface area (Å²) in [5.74, 6) is 0.701. The fourth-order valence-corrected chi connectivity index (χ4v) is 4.87. The number of carbonyl (C=O) groups excluding carboxylic acids is 2. The lowest BCUT2D eigenvalue weighted by Crippen LogP contribution is -2.58. The first-order valence-electron chi connectivity index (χ1n) is 10.2. The molecule has 3 heterocycles. The summed E-state index contributed by atoms with van der Waals surface area (Å²) >= 11 is 0. The average Bonchev–Trinajstić information content (AvgIpc) is 3.07. The van der Waals surface area contributed by atoms with Gasteiger partial charge in [0.15, 0.2) is 0 Å². The molecule has 3 fully saturated rings. The normalized spacial score (nSPS) is 25.2. The molecule has 4 rings (SSSR count). The highest BCUT2D eigenvalue weighted by atomic mass is 16.2. The number of hydrogen-bond donors (Lipinski definition) is 0. The summed E-state index contributed by atoms with van der Waals surface area (Å²) in [5, 5.41) is 4.28. The van der Waals surface area contributed by atoms with E-state index >= 15 is 0 Å². The van der Waals surface area contributed by atoms with Gasteiger partial charge in [0.25, 0.3) is 0 Å². The second-order valence-corrected chi connectivity index (χ2v) is 8.20. The molecule has 1 aromatic heterocycles. The molecule has 0 aromatic carbocycles. The summed E-state index contributed by atoms with van der Waals surface area (Å²) in [5.41, 5.74) is 1.12. The number of carbonyl (C=O) groups is 2. The minimum Gasteiger partial charge on any atom is -0.341 e. The van der Waals surface area contributed by atoms with Gasteiger partial charge in [0, 0.05) is 38.8 Å². The molecule has 1 atom stereocenters. The van der Waals surface area contributed by atoms with E-state index in [4.69, 9.17) is 0 Å². The van der Waals surface area contributed by atoms with E-state index < -0.39 is 0 Å². The molecule has 1 aromatic rings. The summed E-state index contributed by atoms with van der Waals surface area (Å²) in [4.78, 5) is 29.7. The first kappa shape index (κ1) is 17.6. The number of hydrogen-bond acceptors (Lipinski definition) is 3. The van der Waals surface area contributed by atoms with Crippen LogP contribution >= 0.6 is 0 Å². The molecule has 1 saturated carbocycles. The molecule has 2 saturated heterocycles. The first-order chi connectivity index (χ1) is 12.6. The third-order valence-electron chi connectivity index (χ3n) is 6.48. The Hall–Kier alpha value is -1.85. The minimum absolute atomic E-state index is 0.0173. The lowest BCUT2D eigenvalue weighted by Gasteiger charge is -2.45. The number of rotatable bonds is 3. The van der Waals surface area contributed by atoms with Crippen molar-refractivity contribution in [3.63, 3.8) is 0 Å². The third-order valence-corrected chi connectivity index (χ3v) is 6.48. The molecular formula is C20H30N4O2. The van der Waals surface area contributed by atoms with Crippen molar-refractivity contribution in [2.24, 2.45) is 18.9 Å². The second-order valence-electron chi connectivity index (χ2n) is 8.20. The maximum atomic E-state index is 13.1. The monoisotopic (exact) mass is 358 g/mol. The molecule has 6 heteroatoms. The van der Waals surface area contributed by atoms with Gasteiger partial charge < -0.3 is 9.80 Å². The third kappa shape index (κ3) is 3.26. The van der Waals surface area contributed by atoms with Crippen molar-refractivity contribution in [3.8, 4) is 0 Å². The molecule has 1 unspecified atom stereocenters. The zero-order chi connectivity index (χ0) is 18.1. The highest BCUT2D eigenvalue weighted by molar-refractivity contribution is 5.85. The van der Waals surface area contributed by atoms with E-state index in [1.807, 2.05) is 27.6 Å². The standard InChI is InChI=1S/C20H30N4O2/c1-22-17(10-11-21-22)18-9-5-6-12-24(18)20(26)16-13-23(14-16)19(25)15-7-3-2-4-8-15/h10-11,15-16,18H,2-9,12-14H2,1H3. The zero-order valence-corrected chi connectivity index (χ0v) is 15.8.